The lowest BCUT2D eigenvalue weighted by atomic mass is 10.2. The molecule has 0 aromatic carbocycles. The number of aromatic nitrogens is 2. The molecule has 2 aromatic heterocycles. The Morgan fingerprint density at radius 1 is 1.41 bits per heavy atom. The Balaban J connectivity index is 1.83. The van der Waals surface area contributed by atoms with Crippen LogP contribution in [0.3, 0.4) is 0 Å². The number of hydrogen-bond acceptors (Lipinski definition) is 4. The maximum Gasteiger partial charge on any atom is 0.280 e. The van der Waals surface area contributed by atoms with E-state index in [-0.39, 0.29) is 11.5 Å². The molecule has 0 spiro atoms. The molecule has 0 atom stereocenters. The number of hydrogen-bond donors (Lipinski definition) is 1. The van der Waals surface area contributed by atoms with Crippen LogP contribution in [0.2, 0.25) is 0 Å². The van der Waals surface area contributed by atoms with Crippen LogP contribution in [0.15, 0.2) is 28.4 Å². The molecule has 0 unspecified atom stereocenters. The number of nitrogens with zero attached hydrogens (tertiary/aromatic N) is 2. The van der Waals surface area contributed by atoms with Gasteiger partial charge in [0.05, 0.1) is 5.69 Å². The summed E-state index contributed by atoms with van der Waals surface area (Å²) in [5.74, 6) is 0.180. The van der Waals surface area contributed by atoms with E-state index in [4.69, 9.17) is 0 Å². The van der Waals surface area contributed by atoms with Crippen molar-refractivity contribution in [3.63, 3.8) is 0 Å². The van der Waals surface area contributed by atoms with E-state index in [9.17, 15) is 9.59 Å². The lowest BCUT2D eigenvalue weighted by molar-refractivity contribution is 0.0952. The van der Waals surface area contributed by atoms with Crippen molar-refractivity contribution in [3.05, 3.63) is 50.3 Å². The van der Waals surface area contributed by atoms with Crippen LogP contribution in [0.25, 0.3) is 0 Å². The first-order valence-electron chi connectivity index (χ1n) is 7.39. The number of nitrogens with one attached hydrogen (secondary N) is 1. The lowest BCUT2D eigenvalue weighted by Crippen LogP contribution is -2.27. The summed E-state index contributed by atoms with van der Waals surface area (Å²) in [6, 6.07) is 5.21. The van der Waals surface area contributed by atoms with E-state index in [2.05, 4.69) is 24.1 Å². The van der Waals surface area contributed by atoms with E-state index in [1.54, 1.807) is 16.7 Å². The third-order valence-corrected chi connectivity index (χ3v) is 4.28. The minimum absolute atomic E-state index is 0.00664. The normalized spacial score (nSPS) is 10.9. The summed E-state index contributed by atoms with van der Waals surface area (Å²) in [5.41, 5.74) is 1.87. The van der Waals surface area contributed by atoms with Crippen molar-refractivity contribution in [1.82, 2.24) is 14.9 Å². The fraction of sp³-hybridized carbons (Fsp3) is 0.438. The molecule has 0 saturated heterocycles. The van der Waals surface area contributed by atoms with Crippen molar-refractivity contribution in [3.8, 4) is 0 Å². The molecule has 0 aliphatic heterocycles. The Morgan fingerprint density at radius 3 is 2.82 bits per heavy atom. The summed E-state index contributed by atoms with van der Waals surface area (Å²) in [7, 11) is 0. The van der Waals surface area contributed by atoms with Crippen molar-refractivity contribution in [2.24, 2.45) is 0 Å². The maximum atomic E-state index is 12.0. The minimum atomic E-state index is -0.144. The molecule has 2 rings (SSSR count). The topological polar surface area (TPSA) is 64.0 Å². The second-order valence-corrected chi connectivity index (χ2v) is 6.36. The standard InChI is InChI=1S/C16H21N3O2S/c1-11(2)13-10-22-16(18-13)15(21)17-8-5-9-19-12(3)6-4-7-14(19)20/h4,6-7,10-11H,5,8-9H2,1-3H3,(H,17,21). The number of carbonyl (C=O) groups excluding carboxylic acids is 1. The van der Waals surface area contributed by atoms with E-state index < -0.39 is 0 Å². The largest absolute Gasteiger partial charge is 0.350 e. The highest BCUT2D eigenvalue weighted by Crippen LogP contribution is 2.17. The van der Waals surface area contributed by atoms with Crippen molar-refractivity contribution >= 4 is 17.2 Å². The molecule has 0 bridgehead atoms. The van der Waals surface area contributed by atoms with E-state index in [0.29, 0.717) is 30.4 Å². The predicted molar refractivity (Wildman–Crippen MR) is 88.6 cm³/mol. The quantitative estimate of drug-likeness (QED) is 0.832. The Hall–Kier alpha value is -1.95. The third kappa shape index (κ3) is 4.04. The van der Waals surface area contributed by atoms with Crippen LogP contribution in [0.1, 0.15) is 47.4 Å². The molecule has 118 valence electrons. The molecule has 2 heterocycles. The molecule has 0 fully saturated rings. The van der Waals surface area contributed by atoms with E-state index in [1.165, 1.54) is 11.3 Å². The SMILES string of the molecule is Cc1cccc(=O)n1CCCNC(=O)c1nc(C(C)C)cs1. The van der Waals surface area contributed by atoms with Gasteiger partial charge < -0.3 is 9.88 Å². The van der Waals surface area contributed by atoms with Crippen molar-refractivity contribution < 1.29 is 4.79 Å². The lowest BCUT2D eigenvalue weighted by Gasteiger charge is -2.09. The zero-order valence-electron chi connectivity index (χ0n) is 13.1. The molecule has 2 aromatic rings. The highest BCUT2D eigenvalue weighted by atomic mass is 32.1. The summed E-state index contributed by atoms with van der Waals surface area (Å²) in [6.07, 6.45) is 0.707. The summed E-state index contributed by atoms with van der Waals surface area (Å²) in [4.78, 5) is 28.0. The van der Waals surface area contributed by atoms with Crippen LogP contribution in [0.5, 0.6) is 0 Å². The molecule has 0 radical (unpaired) electrons. The molecule has 1 amide bonds. The minimum Gasteiger partial charge on any atom is -0.350 e. The van der Waals surface area contributed by atoms with Crippen LogP contribution in [0, 0.1) is 6.92 Å². The Bertz CT molecular complexity index is 703. The van der Waals surface area contributed by atoms with Crippen molar-refractivity contribution in [2.75, 3.05) is 6.54 Å². The van der Waals surface area contributed by atoms with Gasteiger partial charge in [0, 0.05) is 30.2 Å². The highest BCUT2D eigenvalue weighted by molar-refractivity contribution is 7.11. The molecule has 1 N–H and O–H groups in total. The molecule has 0 aliphatic carbocycles. The highest BCUT2D eigenvalue weighted by Gasteiger charge is 2.12. The first-order chi connectivity index (χ1) is 10.5. The first kappa shape index (κ1) is 16.4. The van der Waals surface area contributed by atoms with Gasteiger partial charge in [-0.05, 0) is 25.3 Å². The second-order valence-electron chi connectivity index (χ2n) is 5.50. The number of amides is 1. The molecule has 0 saturated carbocycles. The van der Waals surface area contributed by atoms with Gasteiger partial charge in [-0.25, -0.2) is 4.98 Å². The molecular formula is C16H21N3O2S. The van der Waals surface area contributed by atoms with E-state index in [1.807, 2.05) is 18.4 Å². The van der Waals surface area contributed by atoms with Gasteiger partial charge in [-0.3, -0.25) is 9.59 Å². The molecule has 5 nitrogen and oxygen atoms in total. The van der Waals surface area contributed by atoms with Gasteiger partial charge in [-0.2, -0.15) is 0 Å². The number of aryl methyl sites for hydroxylation is 1. The Morgan fingerprint density at radius 2 is 2.18 bits per heavy atom. The van der Waals surface area contributed by atoms with Gasteiger partial charge >= 0.3 is 0 Å². The van der Waals surface area contributed by atoms with Gasteiger partial charge in [0.2, 0.25) is 0 Å². The van der Waals surface area contributed by atoms with Crippen LogP contribution < -0.4 is 10.9 Å². The molecular weight excluding hydrogens is 298 g/mol. The monoisotopic (exact) mass is 319 g/mol. The Labute approximate surface area is 134 Å². The van der Waals surface area contributed by atoms with Gasteiger partial charge in [0.15, 0.2) is 5.01 Å². The van der Waals surface area contributed by atoms with Crippen molar-refractivity contribution in [2.45, 2.75) is 39.7 Å². The van der Waals surface area contributed by atoms with Gasteiger partial charge in [-0.15, -0.1) is 11.3 Å². The van der Waals surface area contributed by atoms with Crippen LogP contribution in [-0.2, 0) is 6.54 Å². The van der Waals surface area contributed by atoms with E-state index in [0.717, 1.165) is 11.4 Å². The maximum absolute atomic E-state index is 12.0. The predicted octanol–water partition coefficient (Wildman–Crippen LogP) is 2.56. The number of carbonyl (C=O) groups is 1. The molecule has 6 heteroatoms. The number of rotatable bonds is 6. The zero-order chi connectivity index (χ0) is 16.1. The van der Waals surface area contributed by atoms with Gasteiger partial charge in [0.25, 0.3) is 11.5 Å². The first-order valence-corrected chi connectivity index (χ1v) is 8.27. The van der Waals surface area contributed by atoms with E-state index >= 15 is 0 Å². The molecule has 0 aliphatic rings. The average Bonchev–Trinajstić information content (AvgIpc) is 2.96. The van der Waals surface area contributed by atoms with Crippen LogP contribution in [-0.4, -0.2) is 22.0 Å². The third-order valence-electron chi connectivity index (χ3n) is 3.42. The summed E-state index contributed by atoms with van der Waals surface area (Å²) >= 11 is 1.37. The zero-order valence-corrected chi connectivity index (χ0v) is 13.9. The van der Waals surface area contributed by atoms with Crippen molar-refractivity contribution in [1.29, 1.82) is 0 Å². The fourth-order valence-electron chi connectivity index (χ4n) is 2.08. The van der Waals surface area contributed by atoms with Gasteiger partial charge in [0.1, 0.15) is 0 Å². The second kappa shape index (κ2) is 7.35. The summed E-state index contributed by atoms with van der Waals surface area (Å²) in [6.45, 7) is 7.13. The Kier molecular flexibility index (Phi) is 5.49. The summed E-state index contributed by atoms with van der Waals surface area (Å²) in [5, 5.41) is 5.27. The molecule has 22 heavy (non-hydrogen) atoms. The van der Waals surface area contributed by atoms with Gasteiger partial charge in [-0.1, -0.05) is 19.9 Å². The van der Waals surface area contributed by atoms with Crippen LogP contribution >= 0.6 is 11.3 Å². The summed E-state index contributed by atoms with van der Waals surface area (Å²) < 4.78 is 1.71. The number of thiazole rings is 1. The smallest absolute Gasteiger partial charge is 0.280 e. The average molecular weight is 319 g/mol. The van der Waals surface area contributed by atoms with Crippen LogP contribution in [0.4, 0.5) is 0 Å². The number of pyridine rings is 1. The fourth-order valence-corrected chi connectivity index (χ4v) is 2.97.